The number of nitrogens with one attached hydrogen (secondary N) is 2. The van der Waals surface area contributed by atoms with Crippen LogP contribution in [0.15, 0.2) is 91.3 Å². The van der Waals surface area contributed by atoms with Crippen LogP contribution in [-0.4, -0.2) is 32.4 Å². The van der Waals surface area contributed by atoms with Gasteiger partial charge >= 0.3 is 0 Å². The van der Waals surface area contributed by atoms with Gasteiger partial charge in [0.05, 0.1) is 11.3 Å². The SMILES string of the molecule is O=C(NO)c1cccnc1COc1ccc(-c2ccc(CC(O)NCc3ccccc3)nc2)cc1. The van der Waals surface area contributed by atoms with E-state index in [1.807, 2.05) is 66.7 Å². The minimum atomic E-state index is -0.687. The number of hydrogen-bond donors (Lipinski definition) is 4. The van der Waals surface area contributed by atoms with Crippen molar-refractivity contribution < 1.29 is 19.8 Å². The van der Waals surface area contributed by atoms with Crippen LogP contribution in [0.1, 0.15) is 27.3 Å². The van der Waals surface area contributed by atoms with Gasteiger partial charge in [0.15, 0.2) is 0 Å². The van der Waals surface area contributed by atoms with Gasteiger partial charge in [-0.2, -0.15) is 0 Å². The van der Waals surface area contributed by atoms with E-state index in [4.69, 9.17) is 9.94 Å². The molecule has 4 N–H and O–H groups in total. The monoisotopic (exact) mass is 470 g/mol. The molecule has 35 heavy (non-hydrogen) atoms. The molecular formula is C27H26N4O4. The maximum absolute atomic E-state index is 11.7. The van der Waals surface area contributed by atoms with Crippen LogP contribution in [0.5, 0.6) is 5.75 Å². The standard InChI is InChI=1S/C27H26N4O4/c32-26(30-16-19-5-2-1-3-6-19)15-22-11-8-21(17-29-22)20-9-12-23(13-10-20)35-18-25-24(27(33)31-34)7-4-14-28-25/h1-14,17,26,30,32,34H,15-16,18H2,(H,31,33). The Morgan fingerprint density at radius 2 is 1.69 bits per heavy atom. The Morgan fingerprint density at radius 1 is 0.914 bits per heavy atom. The van der Waals surface area contributed by atoms with Crippen molar-refractivity contribution in [3.05, 3.63) is 114 Å². The summed E-state index contributed by atoms with van der Waals surface area (Å²) in [5.41, 5.74) is 6.10. The highest BCUT2D eigenvalue weighted by atomic mass is 16.5. The molecule has 1 unspecified atom stereocenters. The summed E-state index contributed by atoms with van der Waals surface area (Å²) in [6.45, 7) is 0.671. The van der Waals surface area contributed by atoms with Crippen molar-refractivity contribution in [1.82, 2.24) is 20.8 Å². The largest absolute Gasteiger partial charge is 0.487 e. The van der Waals surface area contributed by atoms with Crippen molar-refractivity contribution >= 4 is 5.91 Å². The van der Waals surface area contributed by atoms with Crippen molar-refractivity contribution in [2.45, 2.75) is 25.8 Å². The lowest BCUT2D eigenvalue weighted by Gasteiger charge is -2.13. The van der Waals surface area contributed by atoms with Gasteiger partial charge in [0.25, 0.3) is 5.91 Å². The summed E-state index contributed by atoms with van der Waals surface area (Å²) in [5, 5.41) is 22.2. The van der Waals surface area contributed by atoms with Gasteiger partial charge in [0.2, 0.25) is 0 Å². The van der Waals surface area contributed by atoms with Gasteiger partial charge in [-0.25, -0.2) is 5.48 Å². The van der Waals surface area contributed by atoms with Gasteiger partial charge in [0, 0.05) is 36.6 Å². The van der Waals surface area contributed by atoms with Crippen molar-refractivity contribution in [3.63, 3.8) is 0 Å². The van der Waals surface area contributed by atoms with E-state index in [2.05, 4.69) is 15.3 Å². The minimum absolute atomic E-state index is 0.0832. The Kier molecular flexibility index (Phi) is 8.13. The predicted octanol–water partition coefficient (Wildman–Crippen LogP) is 3.49. The number of carbonyl (C=O) groups excluding carboxylic acids is 1. The smallest absolute Gasteiger partial charge is 0.276 e. The van der Waals surface area contributed by atoms with E-state index in [0.29, 0.717) is 24.4 Å². The molecule has 0 aliphatic rings. The lowest BCUT2D eigenvalue weighted by molar-refractivity contribution is 0.0703. The number of hydroxylamine groups is 1. The fourth-order valence-electron chi connectivity index (χ4n) is 3.53. The maximum Gasteiger partial charge on any atom is 0.276 e. The molecular weight excluding hydrogens is 444 g/mol. The van der Waals surface area contributed by atoms with Crippen LogP contribution in [0.25, 0.3) is 11.1 Å². The van der Waals surface area contributed by atoms with Gasteiger partial charge < -0.3 is 9.84 Å². The normalized spacial score (nSPS) is 11.6. The van der Waals surface area contributed by atoms with E-state index < -0.39 is 12.1 Å². The highest BCUT2D eigenvalue weighted by molar-refractivity contribution is 5.94. The Hall–Kier alpha value is -4.11. The first kappa shape index (κ1) is 24.0. The van der Waals surface area contributed by atoms with Gasteiger partial charge in [-0.3, -0.25) is 25.3 Å². The van der Waals surface area contributed by atoms with Crippen LogP contribution in [0.3, 0.4) is 0 Å². The summed E-state index contributed by atoms with van der Waals surface area (Å²) in [4.78, 5) is 20.4. The highest BCUT2D eigenvalue weighted by Crippen LogP contribution is 2.23. The zero-order valence-corrected chi connectivity index (χ0v) is 19.0. The molecule has 178 valence electrons. The lowest BCUT2D eigenvalue weighted by Crippen LogP contribution is -2.30. The zero-order chi connectivity index (χ0) is 24.5. The predicted molar refractivity (Wildman–Crippen MR) is 130 cm³/mol. The van der Waals surface area contributed by atoms with Gasteiger partial charge in [-0.1, -0.05) is 48.5 Å². The molecule has 0 saturated carbocycles. The third-order valence-corrected chi connectivity index (χ3v) is 5.41. The molecule has 0 aliphatic heterocycles. The van der Waals surface area contributed by atoms with E-state index in [1.165, 1.54) is 0 Å². The average molecular weight is 471 g/mol. The molecule has 0 saturated heterocycles. The van der Waals surface area contributed by atoms with Crippen LogP contribution < -0.4 is 15.5 Å². The number of aliphatic hydroxyl groups excluding tert-OH is 1. The molecule has 1 amide bonds. The number of benzene rings is 2. The number of carbonyl (C=O) groups is 1. The molecule has 0 fully saturated rings. The minimum Gasteiger partial charge on any atom is -0.487 e. The highest BCUT2D eigenvalue weighted by Gasteiger charge is 2.12. The van der Waals surface area contributed by atoms with Crippen LogP contribution in [0.2, 0.25) is 0 Å². The summed E-state index contributed by atoms with van der Waals surface area (Å²) in [7, 11) is 0. The van der Waals surface area contributed by atoms with E-state index in [0.717, 1.165) is 22.4 Å². The van der Waals surface area contributed by atoms with Crippen LogP contribution in [0.4, 0.5) is 0 Å². The second kappa shape index (κ2) is 11.8. The summed E-state index contributed by atoms with van der Waals surface area (Å²) in [6, 6.07) is 24.5. The first-order valence-electron chi connectivity index (χ1n) is 11.1. The van der Waals surface area contributed by atoms with Crippen molar-refractivity contribution in [2.24, 2.45) is 0 Å². The second-order valence-corrected chi connectivity index (χ2v) is 7.88. The number of nitrogens with zero attached hydrogens (tertiary/aromatic N) is 2. The molecule has 0 aliphatic carbocycles. The maximum atomic E-state index is 11.7. The molecule has 2 heterocycles. The number of aliphatic hydroxyl groups is 1. The molecule has 2 aromatic carbocycles. The van der Waals surface area contributed by atoms with E-state index in [9.17, 15) is 9.90 Å². The van der Waals surface area contributed by atoms with E-state index in [1.54, 1.807) is 30.0 Å². The Bertz CT molecular complexity index is 1230. The van der Waals surface area contributed by atoms with Crippen LogP contribution in [0, 0.1) is 0 Å². The summed E-state index contributed by atoms with van der Waals surface area (Å²) < 4.78 is 5.76. The average Bonchev–Trinajstić information content (AvgIpc) is 2.92. The first-order chi connectivity index (χ1) is 17.1. The molecule has 0 bridgehead atoms. The Morgan fingerprint density at radius 3 is 2.40 bits per heavy atom. The number of rotatable bonds is 10. The van der Waals surface area contributed by atoms with Gasteiger partial charge in [0.1, 0.15) is 18.6 Å². The third kappa shape index (κ3) is 6.70. The molecule has 0 radical (unpaired) electrons. The summed E-state index contributed by atoms with van der Waals surface area (Å²) >= 11 is 0. The fraction of sp³-hybridized carbons (Fsp3) is 0.148. The molecule has 8 heteroatoms. The summed E-state index contributed by atoms with van der Waals surface area (Å²) in [5.74, 6) is -0.0190. The molecule has 4 rings (SSSR count). The van der Waals surface area contributed by atoms with Crippen LogP contribution >= 0.6 is 0 Å². The molecule has 1 atom stereocenters. The van der Waals surface area contributed by atoms with Gasteiger partial charge in [-0.15, -0.1) is 0 Å². The molecule has 4 aromatic rings. The fourth-order valence-corrected chi connectivity index (χ4v) is 3.53. The second-order valence-electron chi connectivity index (χ2n) is 7.88. The van der Waals surface area contributed by atoms with Gasteiger partial charge in [-0.05, 0) is 41.5 Å². The molecule has 8 nitrogen and oxygen atoms in total. The zero-order valence-electron chi connectivity index (χ0n) is 19.0. The van der Waals surface area contributed by atoms with E-state index >= 15 is 0 Å². The number of amides is 1. The Labute approximate surface area is 203 Å². The van der Waals surface area contributed by atoms with Crippen molar-refractivity contribution in [2.75, 3.05) is 0 Å². The van der Waals surface area contributed by atoms with Crippen LogP contribution in [-0.2, 0) is 19.6 Å². The number of pyridine rings is 2. The number of aromatic nitrogens is 2. The third-order valence-electron chi connectivity index (χ3n) is 5.41. The first-order valence-corrected chi connectivity index (χ1v) is 11.1. The molecule has 2 aromatic heterocycles. The Balaban J connectivity index is 1.31. The van der Waals surface area contributed by atoms with Crippen molar-refractivity contribution in [3.8, 4) is 16.9 Å². The summed E-state index contributed by atoms with van der Waals surface area (Å²) in [6.07, 6.45) is 3.06. The molecule has 0 spiro atoms. The quantitative estimate of drug-likeness (QED) is 0.159. The number of hydrogen-bond acceptors (Lipinski definition) is 7. The topological polar surface area (TPSA) is 117 Å². The van der Waals surface area contributed by atoms with Crippen molar-refractivity contribution in [1.29, 1.82) is 0 Å². The number of ether oxygens (including phenoxy) is 1. The lowest BCUT2D eigenvalue weighted by atomic mass is 10.1. The van der Waals surface area contributed by atoms with E-state index in [-0.39, 0.29) is 12.2 Å².